The van der Waals surface area contributed by atoms with Crippen molar-refractivity contribution in [2.75, 3.05) is 13.2 Å². The largest absolute Gasteiger partial charge is 0.506 e. The van der Waals surface area contributed by atoms with Crippen LogP contribution in [-0.2, 0) is 28.4 Å². The highest BCUT2D eigenvalue weighted by molar-refractivity contribution is 7.82. The number of aliphatic hydroxyl groups is 4. The van der Waals surface area contributed by atoms with Crippen LogP contribution in [0.1, 0.15) is 12.8 Å². The number of carbonyl (C=O) groups excluding carboxylic acids is 2. The molecule has 0 heterocycles. The van der Waals surface area contributed by atoms with Crippen molar-refractivity contribution in [3.05, 3.63) is 25.3 Å². The van der Waals surface area contributed by atoms with Gasteiger partial charge in [-0.3, -0.25) is 0 Å². The van der Waals surface area contributed by atoms with E-state index in [9.17, 15) is 28.2 Å². The highest BCUT2D eigenvalue weighted by Crippen LogP contribution is 2.18. The van der Waals surface area contributed by atoms with E-state index in [0.29, 0.717) is 0 Å². The van der Waals surface area contributed by atoms with Crippen LogP contribution >= 0.6 is 0 Å². The quantitative estimate of drug-likeness (QED) is 0.319. The second-order valence-corrected chi connectivity index (χ2v) is 5.66. The number of hydrogen-bond donors (Lipinski definition) is 4. The van der Waals surface area contributed by atoms with E-state index >= 15 is 0 Å². The van der Waals surface area contributed by atoms with Gasteiger partial charge in [-0.25, -0.2) is 9.59 Å². The summed E-state index contributed by atoms with van der Waals surface area (Å²) in [5, 5.41) is 37.2. The molecule has 0 bridgehead atoms. The maximum atomic E-state index is 11.5. The lowest BCUT2D eigenvalue weighted by Gasteiger charge is -2.23. The van der Waals surface area contributed by atoms with E-state index in [0.717, 1.165) is 12.2 Å². The fraction of sp³-hybridized carbons (Fsp3) is 0.500. The summed E-state index contributed by atoms with van der Waals surface area (Å²) in [6.45, 7) is 4.04. The molecule has 0 saturated carbocycles. The Morgan fingerprint density at radius 1 is 0.913 bits per heavy atom. The molecule has 0 rings (SSSR count). The molecule has 0 spiro atoms. The van der Waals surface area contributed by atoms with Crippen LogP contribution in [0.4, 0.5) is 0 Å². The summed E-state index contributed by atoms with van der Waals surface area (Å²) in [4.78, 5) is 23.1. The first kappa shape index (κ1) is 21.2. The molecule has 0 saturated heterocycles. The lowest BCUT2D eigenvalue weighted by atomic mass is 10.0. The van der Waals surface area contributed by atoms with Gasteiger partial charge >= 0.3 is 22.3 Å². The zero-order chi connectivity index (χ0) is 18.3. The second-order valence-electron chi connectivity index (χ2n) is 4.51. The summed E-state index contributed by atoms with van der Waals surface area (Å²) >= 11 is 0. The molecule has 0 aromatic heterocycles. The Balaban J connectivity index is 5.16. The van der Waals surface area contributed by atoms with Gasteiger partial charge in [0.05, 0.1) is 13.2 Å². The van der Waals surface area contributed by atoms with E-state index in [1.54, 1.807) is 0 Å². The third-order valence-corrected chi connectivity index (χ3v) is 3.31. The first-order valence-electron chi connectivity index (χ1n) is 6.11. The van der Waals surface area contributed by atoms with Crippen LogP contribution in [0.25, 0.3) is 0 Å². The van der Waals surface area contributed by atoms with Crippen molar-refractivity contribution < 1.29 is 46.8 Å². The van der Waals surface area contributed by atoms with E-state index in [1.165, 1.54) is 0 Å². The molecule has 0 radical (unpaired) electrons. The van der Waals surface area contributed by atoms with Crippen molar-refractivity contribution in [2.24, 2.45) is 0 Å². The Morgan fingerprint density at radius 2 is 1.22 bits per heavy atom. The molecular weight excluding hydrogens is 336 g/mol. The minimum Gasteiger partial charge on any atom is -0.393 e. The third-order valence-electron chi connectivity index (χ3n) is 2.60. The Bertz CT molecular complexity index is 524. The molecule has 10 nitrogen and oxygen atoms in total. The Kier molecular flexibility index (Phi) is 7.54. The van der Waals surface area contributed by atoms with Crippen molar-refractivity contribution in [1.82, 2.24) is 0 Å². The maximum Gasteiger partial charge on any atom is 0.506 e. The van der Waals surface area contributed by atoms with Crippen molar-refractivity contribution in [1.29, 1.82) is 0 Å². The minimum absolute atomic E-state index is 0.539. The van der Waals surface area contributed by atoms with Crippen molar-refractivity contribution in [2.45, 2.75) is 24.0 Å². The Hall–Kier alpha value is -1.79. The molecule has 0 amide bonds. The van der Waals surface area contributed by atoms with Gasteiger partial charge in [-0.15, -0.1) is 21.6 Å². The summed E-state index contributed by atoms with van der Waals surface area (Å²) in [5.41, 5.74) is -5.20. The van der Waals surface area contributed by atoms with E-state index in [2.05, 4.69) is 21.5 Å². The molecule has 0 aliphatic heterocycles. The summed E-state index contributed by atoms with van der Waals surface area (Å²) in [5.74, 6) is -3.63. The van der Waals surface area contributed by atoms with Crippen LogP contribution in [-0.4, -0.2) is 65.2 Å². The zero-order valence-electron chi connectivity index (χ0n) is 12.0. The molecule has 132 valence electrons. The molecule has 0 aromatic carbocycles. The van der Waals surface area contributed by atoms with Crippen molar-refractivity contribution in [3.8, 4) is 0 Å². The molecule has 0 aliphatic carbocycles. The third kappa shape index (κ3) is 5.73. The molecule has 0 aliphatic rings. The van der Waals surface area contributed by atoms with Gasteiger partial charge in [0.25, 0.3) is 0 Å². The smallest absolute Gasteiger partial charge is 0.393 e. The standard InChI is InChI=1S/C12H18O10S/c1-3-5-11(17,7-13)9(15)21-23(19,20)22-10(16)12(18,8-14)6-4-2/h3-4,13-14,17-18H,1-2,5-8H2. The minimum atomic E-state index is -5.31. The average molecular weight is 354 g/mol. The first-order chi connectivity index (χ1) is 10.5. The fourth-order valence-electron chi connectivity index (χ4n) is 1.26. The second kappa shape index (κ2) is 8.17. The van der Waals surface area contributed by atoms with Gasteiger partial charge in [0.15, 0.2) is 11.2 Å². The van der Waals surface area contributed by atoms with E-state index in [4.69, 9.17) is 10.2 Å². The van der Waals surface area contributed by atoms with Gasteiger partial charge in [-0.05, 0) is 0 Å². The van der Waals surface area contributed by atoms with Crippen LogP contribution in [0.5, 0.6) is 0 Å². The van der Waals surface area contributed by atoms with Crippen LogP contribution in [0.3, 0.4) is 0 Å². The Morgan fingerprint density at radius 3 is 1.43 bits per heavy atom. The average Bonchev–Trinajstić information content (AvgIpc) is 2.46. The normalized spacial score (nSPS) is 16.5. The molecule has 11 heteroatoms. The molecular formula is C12H18O10S. The predicted molar refractivity (Wildman–Crippen MR) is 74.8 cm³/mol. The van der Waals surface area contributed by atoms with Gasteiger partial charge in [0.2, 0.25) is 0 Å². The van der Waals surface area contributed by atoms with Gasteiger partial charge in [0.1, 0.15) is 0 Å². The lowest BCUT2D eigenvalue weighted by Crippen LogP contribution is -2.47. The van der Waals surface area contributed by atoms with E-state index < -0.39 is 59.6 Å². The van der Waals surface area contributed by atoms with E-state index in [-0.39, 0.29) is 0 Å². The van der Waals surface area contributed by atoms with Crippen LogP contribution in [0.2, 0.25) is 0 Å². The lowest BCUT2D eigenvalue weighted by molar-refractivity contribution is -0.163. The number of rotatable bonds is 10. The van der Waals surface area contributed by atoms with Crippen LogP contribution in [0.15, 0.2) is 25.3 Å². The summed E-state index contributed by atoms with van der Waals surface area (Å²) in [6.07, 6.45) is 0.959. The summed E-state index contributed by atoms with van der Waals surface area (Å²) in [7, 11) is -5.31. The van der Waals surface area contributed by atoms with Gasteiger partial charge in [-0.2, -0.15) is 0 Å². The number of hydrogen-bond acceptors (Lipinski definition) is 10. The summed E-state index contributed by atoms with van der Waals surface area (Å²) in [6, 6.07) is 0. The van der Waals surface area contributed by atoms with Gasteiger partial charge in [-0.1, -0.05) is 12.2 Å². The molecule has 0 aromatic rings. The zero-order valence-corrected chi connectivity index (χ0v) is 12.9. The maximum absolute atomic E-state index is 11.5. The van der Waals surface area contributed by atoms with Crippen molar-refractivity contribution in [3.63, 3.8) is 0 Å². The summed E-state index contributed by atoms with van der Waals surface area (Å²) < 4.78 is 30.6. The topological polar surface area (TPSA) is 168 Å². The van der Waals surface area contributed by atoms with E-state index in [1.807, 2.05) is 0 Å². The number of carbonyl (C=O) groups is 2. The van der Waals surface area contributed by atoms with Crippen LogP contribution in [0, 0.1) is 0 Å². The molecule has 2 unspecified atom stereocenters. The highest BCUT2D eigenvalue weighted by Gasteiger charge is 2.43. The Labute approximate surface area is 132 Å². The fourth-order valence-corrected chi connectivity index (χ4v) is 1.98. The SMILES string of the molecule is C=CCC(O)(CO)C(=O)OS(=O)(=O)OC(=O)C(O)(CO)CC=C. The highest BCUT2D eigenvalue weighted by atomic mass is 32.3. The number of aliphatic hydroxyl groups excluding tert-OH is 2. The van der Waals surface area contributed by atoms with Gasteiger partial charge < -0.3 is 28.8 Å². The van der Waals surface area contributed by atoms with Crippen LogP contribution < -0.4 is 0 Å². The molecule has 2 atom stereocenters. The molecule has 0 fully saturated rings. The molecule has 4 N–H and O–H groups in total. The van der Waals surface area contributed by atoms with Gasteiger partial charge in [0, 0.05) is 12.8 Å². The monoisotopic (exact) mass is 354 g/mol. The first-order valence-corrected chi connectivity index (χ1v) is 7.44. The van der Waals surface area contributed by atoms with Crippen molar-refractivity contribution >= 4 is 22.3 Å². The molecule has 23 heavy (non-hydrogen) atoms. The predicted octanol–water partition coefficient (Wildman–Crippen LogP) is -2.08.